The number of carbonyl (C=O) groups is 1. The first-order chi connectivity index (χ1) is 9.95. The number of aryl methyl sites for hydroxylation is 1. The number of halogens is 1. The molecule has 0 bridgehead atoms. The minimum atomic E-state index is 0.0568. The number of carbonyl (C=O) groups excluding carboxylic acids is 1. The van der Waals surface area contributed by atoms with E-state index in [-0.39, 0.29) is 5.91 Å². The van der Waals surface area contributed by atoms with Crippen molar-refractivity contribution in [2.75, 3.05) is 47.4 Å². The lowest BCUT2D eigenvalue weighted by atomic mass is 10.1. The first-order valence-corrected chi connectivity index (χ1v) is 7.94. The van der Waals surface area contributed by atoms with Crippen molar-refractivity contribution in [3.63, 3.8) is 0 Å². The molecule has 0 saturated carbocycles. The number of hydrogen-bond donors (Lipinski definition) is 0. The van der Waals surface area contributed by atoms with Crippen molar-refractivity contribution in [2.45, 2.75) is 13.3 Å². The normalized spacial score (nSPS) is 11.0. The fourth-order valence-electron chi connectivity index (χ4n) is 2.07. The molecule has 0 spiro atoms. The van der Waals surface area contributed by atoms with E-state index in [2.05, 4.69) is 20.8 Å². The summed E-state index contributed by atoms with van der Waals surface area (Å²) in [5.74, 6) is 0.0568. The van der Waals surface area contributed by atoms with Crippen molar-refractivity contribution in [2.24, 2.45) is 0 Å². The Morgan fingerprint density at radius 2 is 1.95 bits per heavy atom. The maximum absolute atomic E-state index is 12.7. The van der Waals surface area contributed by atoms with Gasteiger partial charge in [0.25, 0.3) is 5.91 Å². The molecule has 118 valence electrons. The van der Waals surface area contributed by atoms with E-state index in [0.29, 0.717) is 13.2 Å². The molecule has 0 aromatic heterocycles. The fraction of sp³-hybridized carbons (Fsp3) is 0.562. The highest BCUT2D eigenvalue weighted by Crippen LogP contribution is 2.20. The van der Waals surface area contributed by atoms with Crippen LogP contribution in [0.5, 0.6) is 0 Å². The molecule has 1 rings (SSSR count). The molecule has 0 N–H and O–H groups in total. The molecule has 0 fully saturated rings. The second kappa shape index (κ2) is 9.18. The summed E-state index contributed by atoms with van der Waals surface area (Å²) >= 11 is 3.47. The van der Waals surface area contributed by atoms with E-state index in [1.165, 1.54) is 0 Å². The summed E-state index contributed by atoms with van der Waals surface area (Å²) < 4.78 is 5.96. The number of benzene rings is 1. The van der Waals surface area contributed by atoms with Crippen molar-refractivity contribution in [1.82, 2.24) is 9.80 Å². The number of hydrogen-bond acceptors (Lipinski definition) is 3. The maximum Gasteiger partial charge on any atom is 0.255 e. The second-order valence-corrected chi connectivity index (χ2v) is 6.28. The van der Waals surface area contributed by atoms with E-state index in [1.54, 1.807) is 7.11 Å². The quantitative estimate of drug-likeness (QED) is 0.717. The molecule has 21 heavy (non-hydrogen) atoms. The van der Waals surface area contributed by atoms with E-state index in [0.717, 1.165) is 35.1 Å². The first-order valence-electron chi connectivity index (χ1n) is 7.14. The Morgan fingerprint density at radius 1 is 1.24 bits per heavy atom. The highest BCUT2D eigenvalue weighted by Gasteiger charge is 2.18. The van der Waals surface area contributed by atoms with Gasteiger partial charge in [-0.3, -0.25) is 4.79 Å². The van der Waals surface area contributed by atoms with Crippen LogP contribution >= 0.6 is 15.9 Å². The van der Waals surface area contributed by atoms with Gasteiger partial charge in [0.05, 0.1) is 12.2 Å². The molecular formula is C16H25BrN2O2. The molecule has 0 radical (unpaired) electrons. The lowest BCUT2D eigenvalue weighted by Crippen LogP contribution is -2.36. The second-order valence-electron chi connectivity index (χ2n) is 5.43. The Hall–Kier alpha value is -0.910. The van der Waals surface area contributed by atoms with Crippen molar-refractivity contribution in [1.29, 1.82) is 0 Å². The van der Waals surface area contributed by atoms with Crippen LogP contribution in [0.25, 0.3) is 0 Å². The largest absolute Gasteiger partial charge is 0.383 e. The summed E-state index contributed by atoms with van der Waals surface area (Å²) in [5, 5.41) is 0. The van der Waals surface area contributed by atoms with Crippen LogP contribution in [0.3, 0.4) is 0 Å². The molecular weight excluding hydrogens is 332 g/mol. The third-order valence-corrected chi connectivity index (χ3v) is 3.93. The molecule has 1 amide bonds. The Morgan fingerprint density at radius 3 is 2.57 bits per heavy atom. The standard InChI is InChI=1S/C16H25BrN2O2/c1-13-6-7-15(17)14(12-13)16(20)19(10-11-21-4)9-5-8-18(2)3/h6-7,12H,5,8-11H2,1-4H3. The zero-order valence-electron chi connectivity index (χ0n) is 13.4. The molecule has 4 nitrogen and oxygen atoms in total. The van der Waals surface area contributed by atoms with Crippen LogP contribution in [-0.4, -0.2) is 63.2 Å². The van der Waals surface area contributed by atoms with Crippen molar-refractivity contribution >= 4 is 21.8 Å². The number of nitrogens with zero attached hydrogens (tertiary/aromatic N) is 2. The third-order valence-electron chi connectivity index (χ3n) is 3.24. The Balaban J connectivity index is 2.80. The minimum Gasteiger partial charge on any atom is -0.383 e. The smallest absolute Gasteiger partial charge is 0.255 e. The van der Waals surface area contributed by atoms with Gasteiger partial charge in [0, 0.05) is 24.7 Å². The van der Waals surface area contributed by atoms with Gasteiger partial charge >= 0.3 is 0 Å². The SMILES string of the molecule is COCCN(CCCN(C)C)C(=O)c1cc(C)ccc1Br. The van der Waals surface area contributed by atoms with E-state index >= 15 is 0 Å². The van der Waals surface area contributed by atoms with E-state index in [1.807, 2.05) is 44.1 Å². The fourth-order valence-corrected chi connectivity index (χ4v) is 2.48. The first kappa shape index (κ1) is 18.1. The molecule has 0 saturated heterocycles. The Kier molecular flexibility index (Phi) is 7.93. The average Bonchev–Trinajstić information content (AvgIpc) is 2.44. The molecule has 1 aromatic carbocycles. The highest BCUT2D eigenvalue weighted by molar-refractivity contribution is 9.10. The van der Waals surface area contributed by atoms with Crippen LogP contribution < -0.4 is 0 Å². The molecule has 0 aliphatic heterocycles. The van der Waals surface area contributed by atoms with Gasteiger partial charge in [0.15, 0.2) is 0 Å². The topological polar surface area (TPSA) is 32.8 Å². The zero-order chi connectivity index (χ0) is 15.8. The summed E-state index contributed by atoms with van der Waals surface area (Å²) in [6.07, 6.45) is 0.950. The Bertz CT molecular complexity index is 464. The van der Waals surface area contributed by atoms with Gasteiger partial charge in [0.2, 0.25) is 0 Å². The van der Waals surface area contributed by atoms with Gasteiger partial charge in [-0.05, 0) is 62.0 Å². The van der Waals surface area contributed by atoms with Crippen molar-refractivity contribution in [3.8, 4) is 0 Å². The zero-order valence-corrected chi connectivity index (χ0v) is 14.9. The number of methoxy groups -OCH3 is 1. The summed E-state index contributed by atoms with van der Waals surface area (Å²) in [7, 11) is 5.74. The van der Waals surface area contributed by atoms with Crippen LogP contribution in [-0.2, 0) is 4.74 Å². The van der Waals surface area contributed by atoms with Gasteiger partial charge in [-0.25, -0.2) is 0 Å². The van der Waals surface area contributed by atoms with Gasteiger partial charge in [-0.15, -0.1) is 0 Å². The van der Waals surface area contributed by atoms with Gasteiger partial charge in [-0.2, -0.15) is 0 Å². The molecule has 0 aliphatic rings. The lowest BCUT2D eigenvalue weighted by Gasteiger charge is -2.24. The third kappa shape index (κ3) is 6.16. The summed E-state index contributed by atoms with van der Waals surface area (Å²) in [5.41, 5.74) is 1.80. The van der Waals surface area contributed by atoms with E-state index < -0.39 is 0 Å². The molecule has 0 unspecified atom stereocenters. The predicted molar refractivity (Wildman–Crippen MR) is 89.8 cm³/mol. The van der Waals surface area contributed by atoms with Gasteiger partial charge in [0.1, 0.15) is 0 Å². The minimum absolute atomic E-state index is 0.0568. The number of rotatable bonds is 8. The van der Waals surface area contributed by atoms with Crippen LogP contribution in [0, 0.1) is 6.92 Å². The van der Waals surface area contributed by atoms with Gasteiger partial charge < -0.3 is 14.5 Å². The van der Waals surface area contributed by atoms with Crippen LogP contribution in [0.2, 0.25) is 0 Å². The predicted octanol–water partition coefficient (Wildman–Crippen LogP) is 2.80. The molecule has 5 heteroatoms. The summed E-state index contributed by atoms with van der Waals surface area (Å²) in [6, 6.07) is 5.85. The van der Waals surface area contributed by atoms with Gasteiger partial charge in [-0.1, -0.05) is 11.6 Å². The average molecular weight is 357 g/mol. The van der Waals surface area contributed by atoms with Crippen LogP contribution in [0.1, 0.15) is 22.3 Å². The van der Waals surface area contributed by atoms with E-state index in [9.17, 15) is 4.79 Å². The highest BCUT2D eigenvalue weighted by atomic mass is 79.9. The van der Waals surface area contributed by atoms with Crippen LogP contribution in [0.4, 0.5) is 0 Å². The summed E-state index contributed by atoms with van der Waals surface area (Å²) in [4.78, 5) is 16.7. The molecule has 0 heterocycles. The molecule has 0 aliphatic carbocycles. The summed E-state index contributed by atoms with van der Waals surface area (Å²) in [6.45, 7) is 4.86. The van der Waals surface area contributed by atoms with Crippen molar-refractivity contribution in [3.05, 3.63) is 33.8 Å². The van der Waals surface area contributed by atoms with Crippen molar-refractivity contribution < 1.29 is 9.53 Å². The maximum atomic E-state index is 12.7. The molecule has 1 aromatic rings. The monoisotopic (exact) mass is 356 g/mol. The number of amides is 1. The number of ether oxygens (including phenoxy) is 1. The molecule has 0 atom stereocenters. The van der Waals surface area contributed by atoms with Crippen LogP contribution in [0.15, 0.2) is 22.7 Å². The van der Waals surface area contributed by atoms with E-state index in [4.69, 9.17) is 4.74 Å². The lowest BCUT2D eigenvalue weighted by molar-refractivity contribution is 0.0688. The Labute approximate surface area is 136 Å².